The molecule has 2 aromatic heterocycles. The van der Waals surface area contributed by atoms with Crippen molar-refractivity contribution in [3.8, 4) is 34.5 Å². The molecule has 2 amide bonds. The number of carbonyl (C=O) groups excluding carboxylic acids is 2. The molecule has 1 saturated carbocycles. The van der Waals surface area contributed by atoms with Crippen LogP contribution in [0.25, 0.3) is 21.8 Å². The van der Waals surface area contributed by atoms with Crippen molar-refractivity contribution in [1.82, 2.24) is 29.7 Å². The van der Waals surface area contributed by atoms with E-state index in [1.165, 1.54) is 6.42 Å². The summed E-state index contributed by atoms with van der Waals surface area (Å²) in [5.74, 6) is 4.79. The lowest BCUT2D eigenvalue weighted by atomic mass is 9.65. The number of rotatable bonds is 10. The molecule has 1 aliphatic carbocycles. The molecule has 6 aromatic rings. The summed E-state index contributed by atoms with van der Waals surface area (Å²) in [6.07, 6.45) is 4.47. The van der Waals surface area contributed by atoms with E-state index in [1.807, 2.05) is 34.1 Å². The number of nitrogen functional groups attached to an aromatic ring is 2. The van der Waals surface area contributed by atoms with E-state index >= 15 is 0 Å². The summed E-state index contributed by atoms with van der Waals surface area (Å²) < 4.78 is 33.5. The van der Waals surface area contributed by atoms with Crippen LogP contribution < -0.4 is 49.7 Å². The van der Waals surface area contributed by atoms with Gasteiger partial charge in [0.2, 0.25) is 11.9 Å². The molecule has 9 rings (SSSR count). The number of carbonyl (C=O) groups is 2. The summed E-state index contributed by atoms with van der Waals surface area (Å²) in [5.41, 5.74) is 16.0. The minimum Gasteiger partial charge on any atom is -0.493 e. The minimum atomic E-state index is -0.412. The third-order valence-corrected chi connectivity index (χ3v) is 13.0. The summed E-state index contributed by atoms with van der Waals surface area (Å²) in [5, 5.41) is 1.34. The number of piperazine rings is 2. The number of anilines is 4. The monoisotopic (exact) mass is 898 g/mol. The van der Waals surface area contributed by atoms with Gasteiger partial charge >= 0.3 is 12.2 Å². The zero-order valence-electron chi connectivity index (χ0n) is 37.6. The number of amides is 2. The van der Waals surface area contributed by atoms with Crippen molar-refractivity contribution >= 4 is 57.5 Å². The Kier molecular flexibility index (Phi) is 12.3. The number of hydrogen-bond donors (Lipinski definition) is 2. The predicted molar refractivity (Wildman–Crippen MR) is 250 cm³/mol. The van der Waals surface area contributed by atoms with Gasteiger partial charge in [0.05, 0.1) is 39.5 Å². The Labute approximate surface area is 382 Å². The number of nitrogens with two attached hydrogens (primary N) is 2. The van der Waals surface area contributed by atoms with Crippen LogP contribution in [-0.4, -0.2) is 123 Å². The maximum Gasteiger partial charge on any atom is 0.415 e. The smallest absolute Gasteiger partial charge is 0.415 e. The van der Waals surface area contributed by atoms with Crippen molar-refractivity contribution in [1.29, 1.82) is 0 Å². The predicted octanol–water partition coefficient (Wildman–Crippen LogP) is 6.66. The van der Waals surface area contributed by atoms with E-state index in [0.717, 1.165) is 36.8 Å². The van der Waals surface area contributed by atoms with Crippen molar-refractivity contribution in [2.24, 2.45) is 0 Å². The van der Waals surface area contributed by atoms with Crippen LogP contribution in [0.5, 0.6) is 34.5 Å². The Balaban J connectivity index is 0.798. The number of benzene rings is 4. The first-order valence-corrected chi connectivity index (χ1v) is 22.1. The lowest BCUT2D eigenvalue weighted by molar-refractivity contribution is 0.148. The van der Waals surface area contributed by atoms with E-state index in [2.05, 4.69) is 34.2 Å². The van der Waals surface area contributed by atoms with Crippen molar-refractivity contribution in [2.75, 3.05) is 102 Å². The lowest BCUT2D eigenvalue weighted by Gasteiger charge is -2.39. The fourth-order valence-electron chi connectivity index (χ4n) is 9.31. The van der Waals surface area contributed by atoms with E-state index in [4.69, 9.17) is 49.9 Å². The number of ether oxygens (including phenoxy) is 6. The zero-order valence-corrected chi connectivity index (χ0v) is 37.6. The Hall–Kier alpha value is -7.50. The molecule has 4 N–H and O–H groups in total. The molecule has 4 heterocycles. The third kappa shape index (κ3) is 8.57. The molecule has 0 spiro atoms. The summed E-state index contributed by atoms with van der Waals surface area (Å²) in [4.78, 5) is 52.7. The van der Waals surface area contributed by atoms with E-state index < -0.39 is 12.2 Å². The highest BCUT2D eigenvalue weighted by atomic mass is 16.6. The van der Waals surface area contributed by atoms with Crippen molar-refractivity contribution in [2.45, 2.75) is 37.5 Å². The normalized spacial score (nSPS) is 16.2. The first kappa shape index (κ1) is 43.7. The molecule has 3 aliphatic rings. The number of methoxy groups -OCH3 is 4. The summed E-state index contributed by atoms with van der Waals surface area (Å²) >= 11 is 0. The molecule has 18 heteroatoms. The van der Waals surface area contributed by atoms with Gasteiger partial charge in [-0.15, -0.1) is 0 Å². The Morgan fingerprint density at radius 3 is 1.23 bits per heavy atom. The Bertz CT molecular complexity index is 2550. The first-order chi connectivity index (χ1) is 32.1. The van der Waals surface area contributed by atoms with Crippen LogP contribution in [0.3, 0.4) is 0 Å². The molecule has 2 aliphatic heterocycles. The van der Waals surface area contributed by atoms with Crippen LogP contribution in [-0.2, 0) is 5.41 Å². The molecule has 0 bridgehead atoms. The van der Waals surface area contributed by atoms with Crippen LogP contribution in [0, 0.1) is 0 Å². The molecule has 344 valence electrons. The molecular formula is C48H54N10O8. The number of fused-ring (bicyclic) bond motifs is 2. The van der Waals surface area contributed by atoms with Gasteiger partial charge in [-0.1, -0.05) is 43.5 Å². The van der Waals surface area contributed by atoms with Gasteiger partial charge in [-0.05, 0) is 60.4 Å². The molecule has 4 aromatic carbocycles. The molecule has 3 fully saturated rings. The second-order valence-electron chi connectivity index (χ2n) is 16.6. The number of nitrogens with zero attached hydrogens (tertiary/aromatic N) is 8. The first-order valence-electron chi connectivity index (χ1n) is 22.1. The van der Waals surface area contributed by atoms with Crippen LogP contribution >= 0.6 is 0 Å². The highest BCUT2D eigenvalue weighted by molar-refractivity contribution is 5.93. The van der Waals surface area contributed by atoms with Crippen LogP contribution in [0.15, 0.2) is 72.8 Å². The maximum atomic E-state index is 13.4. The topological polar surface area (TPSA) is 206 Å². The van der Waals surface area contributed by atoms with Gasteiger partial charge in [-0.2, -0.15) is 9.97 Å². The number of hydrogen-bond acceptors (Lipinski definition) is 16. The van der Waals surface area contributed by atoms with E-state index in [0.29, 0.717) is 132 Å². The molecule has 66 heavy (non-hydrogen) atoms. The summed E-state index contributed by atoms with van der Waals surface area (Å²) in [7, 11) is 6.28. The molecular weight excluding hydrogens is 845 g/mol. The quantitative estimate of drug-likeness (QED) is 0.147. The van der Waals surface area contributed by atoms with Gasteiger partial charge in [-0.25, -0.2) is 19.6 Å². The summed E-state index contributed by atoms with van der Waals surface area (Å²) in [6.45, 7) is 3.76. The standard InChI is InChI=1S/C48H54N10O8/c1-61-38-26-34-36(28-40(38)63-3)51-44(53-42(34)49)55-18-22-57(23-19-55)46(59)65-32-12-8-30(9-13-32)48(16-6-5-7-17-48)31-10-14-33(15-11-31)66-47(60)58-24-20-56(21-25-58)45-52-37-29-41(64-4)39(62-2)27-35(37)43(50)54-45/h8-15,26-29H,5-7,16-25H2,1-4H3,(H2,49,51,53)(H2,50,52,54). The van der Waals surface area contributed by atoms with E-state index in [-0.39, 0.29) is 5.41 Å². The molecule has 0 radical (unpaired) electrons. The molecule has 0 atom stereocenters. The highest BCUT2D eigenvalue weighted by Gasteiger charge is 2.36. The molecule has 0 unspecified atom stereocenters. The second kappa shape index (κ2) is 18.5. The van der Waals surface area contributed by atoms with Gasteiger partial charge in [0.1, 0.15) is 23.1 Å². The van der Waals surface area contributed by atoms with Crippen LogP contribution in [0.1, 0.15) is 43.2 Å². The fraction of sp³-hybridized carbons (Fsp3) is 0.375. The van der Waals surface area contributed by atoms with Crippen molar-refractivity contribution < 1.29 is 38.0 Å². The minimum absolute atomic E-state index is 0.229. The van der Waals surface area contributed by atoms with Gasteiger partial charge in [0.25, 0.3) is 0 Å². The van der Waals surface area contributed by atoms with E-state index in [9.17, 15) is 9.59 Å². The van der Waals surface area contributed by atoms with Gasteiger partial charge in [0.15, 0.2) is 23.0 Å². The number of aromatic nitrogens is 4. The largest absolute Gasteiger partial charge is 0.493 e. The van der Waals surface area contributed by atoms with Gasteiger partial charge in [0, 0.05) is 80.7 Å². The van der Waals surface area contributed by atoms with Crippen LogP contribution in [0.4, 0.5) is 33.1 Å². The fourth-order valence-corrected chi connectivity index (χ4v) is 9.31. The molecule has 18 nitrogen and oxygen atoms in total. The van der Waals surface area contributed by atoms with Gasteiger partial charge < -0.3 is 59.5 Å². The average Bonchev–Trinajstić information content (AvgIpc) is 3.36. The molecule has 2 saturated heterocycles. The summed E-state index contributed by atoms with van der Waals surface area (Å²) in [6, 6.07) is 22.9. The Morgan fingerprint density at radius 1 is 0.500 bits per heavy atom. The van der Waals surface area contributed by atoms with Gasteiger partial charge in [-0.3, -0.25) is 0 Å². The van der Waals surface area contributed by atoms with Crippen LogP contribution in [0.2, 0.25) is 0 Å². The SMILES string of the molecule is COc1cc2nc(N3CCN(C(=O)Oc4ccc(C5(c6ccc(OC(=O)N7CCN(c8nc(N)c9cc(OC)c(OC)cc9n8)CC7)cc6)CCCCC5)cc4)CC3)nc(N)c2cc1OC. The van der Waals surface area contributed by atoms with Crippen molar-refractivity contribution in [3.63, 3.8) is 0 Å². The third-order valence-electron chi connectivity index (χ3n) is 13.0. The van der Waals surface area contributed by atoms with Crippen molar-refractivity contribution in [3.05, 3.63) is 83.9 Å². The Morgan fingerprint density at radius 2 is 0.864 bits per heavy atom. The second-order valence-corrected chi connectivity index (χ2v) is 16.6. The van der Waals surface area contributed by atoms with E-state index in [1.54, 1.807) is 62.5 Å². The lowest BCUT2D eigenvalue weighted by Crippen LogP contribution is -2.50. The zero-order chi connectivity index (χ0) is 46.0. The maximum absolute atomic E-state index is 13.4. The highest BCUT2D eigenvalue weighted by Crippen LogP contribution is 2.46. The average molecular weight is 899 g/mol.